The Hall–Kier alpha value is -7.22. The third kappa shape index (κ3) is 4.62. The summed E-state index contributed by atoms with van der Waals surface area (Å²) in [7, 11) is 0. The minimum absolute atomic E-state index is 0.0449. The van der Waals surface area contributed by atoms with Crippen LogP contribution in [0.5, 0.6) is 0 Å². The SMILES string of the molecule is CC1(C)c2ccccc2-c2c(-c3ccc(N(c4ccccc4)c4cccc5c4-c4ccccc4C54c5ccccc5-c5c(-c6ccccc6)cccc54)cc3)cccc21. The fourth-order valence-electron chi connectivity index (χ4n) is 11.1. The van der Waals surface area contributed by atoms with Crippen LogP contribution >= 0.6 is 0 Å². The van der Waals surface area contributed by atoms with Crippen molar-refractivity contribution in [3.8, 4) is 55.6 Å². The lowest BCUT2D eigenvalue weighted by atomic mass is 9.70. The molecular formula is C58H41N. The molecule has 0 amide bonds. The Morgan fingerprint density at radius 1 is 0.288 bits per heavy atom. The number of anilines is 3. The smallest absolute Gasteiger partial charge is 0.0726 e. The van der Waals surface area contributed by atoms with Crippen LogP contribution in [-0.4, -0.2) is 0 Å². The first-order valence-corrected chi connectivity index (χ1v) is 20.8. The lowest BCUT2D eigenvalue weighted by Crippen LogP contribution is -2.26. The first-order chi connectivity index (χ1) is 29.1. The minimum atomic E-state index is -0.470. The third-order valence-corrected chi connectivity index (χ3v) is 13.5. The van der Waals surface area contributed by atoms with Gasteiger partial charge >= 0.3 is 0 Å². The maximum absolute atomic E-state index is 2.47. The summed E-state index contributed by atoms with van der Waals surface area (Å²) in [6.07, 6.45) is 0. The van der Waals surface area contributed by atoms with E-state index in [1.165, 1.54) is 94.7 Å². The molecule has 0 N–H and O–H groups in total. The van der Waals surface area contributed by atoms with Crippen molar-refractivity contribution in [2.75, 3.05) is 4.90 Å². The fourth-order valence-corrected chi connectivity index (χ4v) is 11.1. The maximum atomic E-state index is 2.47. The van der Waals surface area contributed by atoms with Gasteiger partial charge in [-0.2, -0.15) is 0 Å². The zero-order chi connectivity index (χ0) is 39.3. The molecule has 0 aliphatic heterocycles. The summed E-state index contributed by atoms with van der Waals surface area (Å²) in [5.41, 5.74) is 24.0. The molecule has 1 unspecified atom stereocenters. The molecule has 0 aromatic heterocycles. The number of rotatable bonds is 5. The Labute approximate surface area is 346 Å². The summed E-state index contributed by atoms with van der Waals surface area (Å²) in [4.78, 5) is 2.47. The minimum Gasteiger partial charge on any atom is -0.310 e. The predicted octanol–water partition coefficient (Wildman–Crippen LogP) is 15.1. The lowest BCUT2D eigenvalue weighted by Gasteiger charge is -2.32. The first-order valence-electron chi connectivity index (χ1n) is 20.8. The Morgan fingerprint density at radius 2 is 0.695 bits per heavy atom. The van der Waals surface area contributed by atoms with Gasteiger partial charge in [0.2, 0.25) is 0 Å². The van der Waals surface area contributed by atoms with Crippen LogP contribution in [0.25, 0.3) is 55.6 Å². The summed E-state index contributed by atoms with van der Waals surface area (Å²) in [5, 5.41) is 0. The van der Waals surface area contributed by atoms with E-state index >= 15 is 0 Å². The second kappa shape index (κ2) is 12.6. The van der Waals surface area contributed by atoms with Crippen molar-refractivity contribution in [3.63, 3.8) is 0 Å². The van der Waals surface area contributed by atoms with E-state index in [1.54, 1.807) is 0 Å². The molecule has 1 spiro atoms. The van der Waals surface area contributed by atoms with Gasteiger partial charge in [0.25, 0.3) is 0 Å². The van der Waals surface area contributed by atoms with Gasteiger partial charge in [0.1, 0.15) is 0 Å². The van der Waals surface area contributed by atoms with Gasteiger partial charge in [0.05, 0.1) is 11.1 Å². The summed E-state index contributed by atoms with van der Waals surface area (Å²) < 4.78 is 0. The molecule has 0 heterocycles. The predicted molar refractivity (Wildman–Crippen MR) is 246 cm³/mol. The molecule has 9 aromatic rings. The molecule has 12 rings (SSSR count). The van der Waals surface area contributed by atoms with Crippen LogP contribution in [0.3, 0.4) is 0 Å². The molecule has 1 heteroatoms. The molecular weight excluding hydrogens is 711 g/mol. The topological polar surface area (TPSA) is 3.24 Å². The molecule has 278 valence electrons. The zero-order valence-corrected chi connectivity index (χ0v) is 33.2. The van der Waals surface area contributed by atoms with E-state index < -0.39 is 5.41 Å². The standard InChI is InChI=1S/C58H41N/c1-57(2)47-27-12-9-22-44(47)54-43(25-15-30-50(54)57)39-34-36-41(37-35-39)59(40-20-7-4-8-21-40)53-33-17-32-52-56(53)46-24-11-14-29-49(46)58(52)48-28-13-10-23-45(48)55-42(26-16-31-51(55)58)38-18-5-3-6-19-38/h3-37H,1-2H3. The number of nitrogens with zero attached hydrogens (tertiary/aromatic N) is 1. The van der Waals surface area contributed by atoms with Gasteiger partial charge in [-0.25, -0.2) is 0 Å². The van der Waals surface area contributed by atoms with Crippen molar-refractivity contribution in [1.29, 1.82) is 0 Å². The molecule has 1 atom stereocenters. The summed E-state index contributed by atoms with van der Waals surface area (Å²) in [6.45, 7) is 4.71. The van der Waals surface area contributed by atoms with E-state index in [9.17, 15) is 0 Å². The summed E-state index contributed by atoms with van der Waals surface area (Å²) in [5.74, 6) is 0. The van der Waals surface area contributed by atoms with Crippen LogP contribution in [0.15, 0.2) is 212 Å². The molecule has 9 aromatic carbocycles. The molecule has 0 radical (unpaired) electrons. The fraction of sp³-hybridized carbons (Fsp3) is 0.0690. The van der Waals surface area contributed by atoms with E-state index in [4.69, 9.17) is 0 Å². The molecule has 0 saturated carbocycles. The van der Waals surface area contributed by atoms with Crippen LogP contribution in [0.2, 0.25) is 0 Å². The monoisotopic (exact) mass is 751 g/mol. The van der Waals surface area contributed by atoms with Crippen LogP contribution < -0.4 is 4.90 Å². The Kier molecular flexibility index (Phi) is 7.26. The molecule has 0 saturated heterocycles. The average Bonchev–Trinajstić information content (AvgIpc) is 3.87. The van der Waals surface area contributed by atoms with E-state index in [-0.39, 0.29) is 5.41 Å². The molecule has 1 nitrogen and oxygen atoms in total. The second-order valence-electron chi connectivity index (χ2n) is 16.8. The van der Waals surface area contributed by atoms with Crippen LogP contribution in [0.1, 0.15) is 47.2 Å². The number of hydrogen-bond donors (Lipinski definition) is 0. The Bertz CT molecular complexity index is 3120. The van der Waals surface area contributed by atoms with E-state index in [1.807, 2.05) is 0 Å². The van der Waals surface area contributed by atoms with Crippen molar-refractivity contribution in [1.82, 2.24) is 0 Å². The highest BCUT2D eigenvalue weighted by atomic mass is 15.1. The highest BCUT2D eigenvalue weighted by molar-refractivity contribution is 6.03. The number of hydrogen-bond acceptors (Lipinski definition) is 1. The van der Waals surface area contributed by atoms with Gasteiger partial charge in [-0.3, -0.25) is 0 Å². The van der Waals surface area contributed by atoms with Crippen LogP contribution in [-0.2, 0) is 10.8 Å². The van der Waals surface area contributed by atoms with Crippen molar-refractivity contribution in [3.05, 3.63) is 246 Å². The number of para-hydroxylation sites is 1. The maximum Gasteiger partial charge on any atom is 0.0726 e. The molecule has 3 aliphatic rings. The van der Waals surface area contributed by atoms with Gasteiger partial charge in [-0.15, -0.1) is 0 Å². The van der Waals surface area contributed by atoms with E-state index in [2.05, 4.69) is 231 Å². The molecule has 59 heavy (non-hydrogen) atoms. The first kappa shape index (κ1) is 33.9. The van der Waals surface area contributed by atoms with Crippen LogP contribution in [0.4, 0.5) is 17.1 Å². The van der Waals surface area contributed by atoms with Gasteiger partial charge in [-0.05, 0) is 114 Å². The average molecular weight is 752 g/mol. The Balaban J connectivity index is 1.07. The van der Waals surface area contributed by atoms with Gasteiger partial charge in [-0.1, -0.05) is 196 Å². The summed E-state index contributed by atoms with van der Waals surface area (Å²) in [6, 6.07) is 79.0. The molecule has 0 bridgehead atoms. The third-order valence-electron chi connectivity index (χ3n) is 13.5. The molecule has 3 aliphatic carbocycles. The van der Waals surface area contributed by atoms with E-state index in [0.717, 1.165) is 11.4 Å². The van der Waals surface area contributed by atoms with Gasteiger partial charge in [0.15, 0.2) is 0 Å². The largest absolute Gasteiger partial charge is 0.310 e. The number of fused-ring (bicyclic) bond motifs is 13. The van der Waals surface area contributed by atoms with Crippen molar-refractivity contribution < 1.29 is 0 Å². The van der Waals surface area contributed by atoms with Crippen LogP contribution in [0, 0.1) is 0 Å². The number of benzene rings is 9. The highest BCUT2D eigenvalue weighted by Gasteiger charge is 2.53. The lowest BCUT2D eigenvalue weighted by molar-refractivity contribution is 0.660. The van der Waals surface area contributed by atoms with Crippen molar-refractivity contribution in [2.45, 2.75) is 24.7 Å². The normalized spacial score (nSPS) is 15.8. The zero-order valence-electron chi connectivity index (χ0n) is 33.2. The van der Waals surface area contributed by atoms with Gasteiger partial charge < -0.3 is 4.90 Å². The Morgan fingerprint density at radius 3 is 1.34 bits per heavy atom. The second-order valence-corrected chi connectivity index (χ2v) is 16.8. The molecule has 0 fully saturated rings. The quantitative estimate of drug-likeness (QED) is 0.169. The van der Waals surface area contributed by atoms with Gasteiger partial charge in [0, 0.05) is 22.4 Å². The highest BCUT2D eigenvalue weighted by Crippen LogP contribution is 2.65. The van der Waals surface area contributed by atoms with Crippen molar-refractivity contribution in [2.24, 2.45) is 0 Å². The van der Waals surface area contributed by atoms with E-state index in [0.29, 0.717) is 0 Å². The summed E-state index contributed by atoms with van der Waals surface area (Å²) >= 11 is 0. The van der Waals surface area contributed by atoms with Crippen molar-refractivity contribution >= 4 is 17.1 Å².